The van der Waals surface area contributed by atoms with Crippen molar-refractivity contribution in [2.75, 3.05) is 33.3 Å². The molecule has 6 nitrogen and oxygen atoms in total. The molecule has 2 fully saturated rings. The van der Waals surface area contributed by atoms with Crippen LogP contribution in [0, 0.1) is 5.41 Å². The molecule has 1 aliphatic carbocycles. The molecule has 7 heteroatoms. The number of likely N-dealkylation sites (tertiary alicyclic amines) is 1. The Hall–Kier alpha value is -1.96. The molecule has 1 aromatic rings. The smallest absolute Gasteiger partial charge is 0.243 e. The van der Waals surface area contributed by atoms with Crippen molar-refractivity contribution in [3.63, 3.8) is 0 Å². The number of piperidine rings is 1. The van der Waals surface area contributed by atoms with E-state index < -0.39 is 15.6 Å². The van der Waals surface area contributed by atoms with Gasteiger partial charge >= 0.3 is 0 Å². The molecule has 4 rings (SSSR count). The molecule has 1 unspecified atom stereocenters. The first-order chi connectivity index (χ1) is 13.8. The Morgan fingerprint density at radius 2 is 1.72 bits per heavy atom. The fourth-order valence-corrected chi connectivity index (χ4v) is 6.23. The van der Waals surface area contributed by atoms with E-state index in [1.165, 1.54) is 0 Å². The molecule has 1 aromatic carbocycles. The minimum Gasteiger partial charge on any atom is -0.497 e. The van der Waals surface area contributed by atoms with Gasteiger partial charge in [0.1, 0.15) is 11.3 Å². The predicted octanol–water partition coefficient (Wildman–Crippen LogP) is 2.63. The fourth-order valence-electron chi connectivity index (χ4n) is 4.79. The van der Waals surface area contributed by atoms with E-state index in [-0.39, 0.29) is 11.2 Å². The van der Waals surface area contributed by atoms with Crippen molar-refractivity contribution in [1.82, 2.24) is 9.21 Å². The maximum atomic E-state index is 13.0. The Bertz CT molecular complexity index is 936. The largest absolute Gasteiger partial charge is 0.497 e. The predicted molar refractivity (Wildman–Crippen MR) is 111 cm³/mol. The lowest BCUT2D eigenvalue weighted by molar-refractivity contribution is -0.138. The van der Waals surface area contributed by atoms with Gasteiger partial charge in [0.25, 0.3) is 0 Å². The quantitative estimate of drug-likeness (QED) is 0.738. The zero-order valence-electron chi connectivity index (χ0n) is 17.0. The Morgan fingerprint density at radius 3 is 2.24 bits per heavy atom. The summed E-state index contributed by atoms with van der Waals surface area (Å²) in [4.78, 5) is 15.0. The summed E-state index contributed by atoms with van der Waals surface area (Å²) in [6.07, 6.45) is 10.4. The van der Waals surface area contributed by atoms with Crippen LogP contribution in [0.15, 0.2) is 53.5 Å². The van der Waals surface area contributed by atoms with Crippen LogP contribution in [0.25, 0.3) is 0 Å². The van der Waals surface area contributed by atoms with Crippen LogP contribution in [-0.2, 0) is 14.8 Å². The Kier molecular flexibility index (Phi) is 5.17. The molecule has 2 saturated heterocycles. The number of ether oxygens (including phenoxy) is 1. The number of ketones is 1. The third kappa shape index (κ3) is 3.45. The Labute approximate surface area is 172 Å². The van der Waals surface area contributed by atoms with Gasteiger partial charge in [0.05, 0.1) is 12.0 Å². The zero-order valence-corrected chi connectivity index (χ0v) is 17.8. The number of carbonyl (C=O) groups excluding carboxylic acids is 1. The number of nitrogens with zero attached hydrogens (tertiary/aromatic N) is 2. The molecule has 3 aliphatic rings. The standard InChI is InChI=1S/C22H28N2O4S/c1-18(25)22(10-4-3-5-11-22)23-16-21(17-23)12-14-24(15-13-21)29(26,27)20-8-6-19(28-2)7-9-20/h3-10H,11-17H2,1-2H3. The number of methoxy groups -OCH3 is 1. The molecule has 0 aromatic heterocycles. The van der Waals surface area contributed by atoms with Gasteiger partial charge in [0.2, 0.25) is 10.0 Å². The lowest BCUT2D eigenvalue weighted by Gasteiger charge is -2.59. The number of Topliss-reactive ketones (excluding diaryl/α,β-unsaturated/α-hetero) is 1. The molecule has 0 saturated carbocycles. The second kappa shape index (κ2) is 7.38. The lowest BCUT2D eigenvalue weighted by Crippen LogP contribution is -2.69. The van der Waals surface area contributed by atoms with Gasteiger partial charge in [-0.25, -0.2) is 8.42 Å². The molecule has 156 valence electrons. The number of hydrogen-bond acceptors (Lipinski definition) is 5. The summed E-state index contributed by atoms with van der Waals surface area (Å²) in [5, 5.41) is 0. The van der Waals surface area contributed by atoms with E-state index in [1.54, 1.807) is 42.6 Å². The summed E-state index contributed by atoms with van der Waals surface area (Å²) >= 11 is 0. The number of allylic oxidation sites excluding steroid dienone is 2. The van der Waals surface area contributed by atoms with E-state index in [0.717, 1.165) is 25.9 Å². The molecule has 0 N–H and O–H groups in total. The first-order valence-electron chi connectivity index (χ1n) is 10.1. The first-order valence-corrected chi connectivity index (χ1v) is 11.5. The molecule has 0 bridgehead atoms. The van der Waals surface area contributed by atoms with E-state index in [9.17, 15) is 13.2 Å². The van der Waals surface area contributed by atoms with Crippen LogP contribution < -0.4 is 4.74 Å². The number of benzene rings is 1. The SMILES string of the molecule is COc1ccc(S(=O)(=O)N2CCC3(CC2)CN(C2(C(C)=O)C=CC=CC2)C3)cc1. The minimum atomic E-state index is -3.49. The number of hydrogen-bond donors (Lipinski definition) is 0. The van der Waals surface area contributed by atoms with Crippen molar-refractivity contribution in [3.8, 4) is 5.75 Å². The summed E-state index contributed by atoms with van der Waals surface area (Å²) < 4.78 is 32.6. The maximum Gasteiger partial charge on any atom is 0.243 e. The number of sulfonamides is 1. The number of carbonyl (C=O) groups is 1. The van der Waals surface area contributed by atoms with Crippen LogP contribution in [0.1, 0.15) is 26.2 Å². The van der Waals surface area contributed by atoms with Crippen molar-refractivity contribution in [2.24, 2.45) is 5.41 Å². The van der Waals surface area contributed by atoms with Gasteiger partial charge in [-0.1, -0.05) is 24.3 Å². The molecular weight excluding hydrogens is 388 g/mol. The highest BCUT2D eigenvalue weighted by Crippen LogP contribution is 2.46. The third-order valence-electron chi connectivity index (χ3n) is 6.75. The average molecular weight is 417 g/mol. The van der Waals surface area contributed by atoms with E-state index in [1.807, 2.05) is 18.2 Å². The van der Waals surface area contributed by atoms with Crippen LogP contribution >= 0.6 is 0 Å². The van der Waals surface area contributed by atoms with Crippen molar-refractivity contribution >= 4 is 15.8 Å². The van der Waals surface area contributed by atoms with E-state index in [2.05, 4.69) is 11.0 Å². The summed E-state index contributed by atoms with van der Waals surface area (Å²) in [5.74, 6) is 0.814. The second-order valence-corrected chi connectivity index (χ2v) is 10.3. The molecule has 2 heterocycles. The highest BCUT2D eigenvalue weighted by Gasteiger charge is 2.53. The van der Waals surface area contributed by atoms with Crippen LogP contribution in [-0.4, -0.2) is 62.2 Å². The third-order valence-corrected chi connectivity index (χ3v) is 8.67. The summed E-state index contributed by atoms with van der Waals surface area (Å²) in [7, 11) is -1.93. The lowest BCUT2D eigenvalue weighted by atomic mass is 9.68. The summed E-state index contributed by atoms with van der Waals surface area (Å²) in [6, 6.07) is 6.55. The van der Waals surface area contributed by atoms with Gasteiger partial charge in [-0.2, -0.15) is 4.31 Å². The van der Waals surface area contributed by atoms with Crippen molar-refractivity contribution in [3.05, 3.63) is 48.6 Å². The monoisotopic (exact) mass is 416 g/mol. The van der Waals surface area contributed by atoms with Gasteiger partial charge in [0.15, 0.2) is 5.78 Å². The van der Waals surface area contributed by atoms with Gasteiger partial charge in [-0.3, -0.25) is 9.69 Å². The highest BCUT2D eigenvalue weighted by atomic mass is 32.2. The fraction of sp³-hybridized carbons (Fsp3) is 0.500. The molecule has 29 heavy (non-hydrogen) atoms. The first kappa shape index (κ1) is 20.3. The molecule has 0 radical (unpaired) electrons. The number of rotatable bonds is 5. The molecule has 1 atom stereocenters. The van der Waals surface area contributed by atoms with Crippen molar-refractivity contribution in [1.29, 1.82) is 0 Å². The Balaban J connectivity index is 1.40. The van der Waals surface area contributed by atoms with Gasteiger partial charge in [-0.05, 0) is 55.9 Å². The van der Waals surface area contributed by atoms with Crippen LogP contribution in [0.4, 0.5) is 0 Å². The normalized spacial score (nSPS) is 27.0. The average Bonchev–Trinajstić information content (AvgIpc) is 2.72. The molecular formula is C22H28N2O4S. The van der Waals surface area contributed by atoms with Crippen LogP contribution in [0.2, 0.25) is 0 Å². The van der Waals surface area contributed by atoms with Gasteiger partial charge in [-0.15, -0.1) is 0 Å². The van der Waals surface area contributed by atoms with Crippen LogP contribution in [0.5, 0.6) is 5.75 Å². The summed E-state index contributed by atoms with van der Waals surface area (Å²) in [5.41, 5.74) is -0.407. The minimum absolute atomic E-state index is 0.114. The van der Waals surface area contributed by atoms with E-state index in [0.29, 0.717) is 30.2 Å². The van der Waals surface area contributed by atoms with Crippen molar-refractivity contribution in [2.45, 2.75) is 36.6 Å². The van der Waals surface area contributed by atoms with Crippen LogP contribution in [0.3, 0.4) is 0 Å². The Morgan fingerprint density at radius 1 is 1.07 bits per heavy atom. The second-order valence-electron chi connectivity index (χ2n) is 8.41. The summed E-state index contributed by atoms with van der Waals surface area (Å²) in [6.45, 7) is 4.40. The maximum absolute atomic E-state index is 13.0. The topological polar surface area (TPSA) is 66.9 Å². The van der Waals surface area contributed by atoms with E-state index in [4.69, 9.17) is 4.74 Å². The van der Waals surface area contributed by atoms with E-state index >= 15 is 0 Å². The molecule has 0 amide bonds. The zero-order chi connectivity index (χ0) is 20.7. The highest BCUT2D eigenvalue weighted by molar-refractivity contribution is 7.89. The molecule has 2 aliphatic heterocycles. The van der Waals surface area contributed by atoms with Gasteiger partial charge < -0.3 is 4.74 Å². The van der Waals surface area contributed by atoms with Gasteiger partial charge in [0, 0.05) is 26.2 Å². The molecule has 1 spiro atoms. The van der Waals surface area contributed by atoms with Crippen molar-refractivity contribution < 1.29 is 17.9 Å².